The van der Waals surface area contributed by atoms with E-state index in [1.165, 1.54) is 22.4 Å². The first-order valence-electron chi connectivity index (χ1n) is 7.00. The Kier molecular flexibility index (Phi) is 3.99. The molecule has 0 aromatic heterocycles. The normalized spacial score (nSPS) is 11.2. The highest BCUT2D eigenvalue weighted by Crippen LogP contribution is 2.36. The summed E-state index contributed by atoms with van der Waals surface area (Å²) in [6, 6.07) is 17.2. The van der Waals surface area contributed by atoms with Crippen LogP contribution in [0.4, 0.5) is 5.69 Å². The minimum Gasteiger partial charge on any atom is -0.388 e. The molecule has 0 saturated carbocycles. The molecule has 0 aliphatic heterocycles. The van der Waals surface area contributed by atoms with Gasteiger partial charge in [-0.1, -0.05) is 68.5 Å². The summed E-state index contributed by atoms with van der Waals surface area (Å²) < 4.78 is 0. The summed E-state index contributed by atoms with van der Waals surface area (Å²) in [5.41, 5.74) is 6.07. The van der Waals surface area contributed by atoms with Crippen LogP contribution >= 0.6 is 0 Å². The number of nitrogens with one attached hydrogen (secondary N) is 1. The molecular formula is C19H23N. The van der Waals surface area contributed by atoms with Crippen molar-refractivity contribution in [3.8, 4) is 0 Å². The Morgan fingerprint density at radius 3 is 2.15 bits per heavy atom. The lowest BCUT2D eigenvalue weighted by Gasteiger charge is -2.28. The lowest BCUT2D eigenvalue weighted by atomic mass is 9.77. The largest absolute Gasteiger partial charge is 0.388 e. The van der Waals surface area contributed by atoms with Gasteiger partial charge < -0.3 is 5.32 Å². The maximum Gasteiger partial charge on any atom is 0.0379 e. The SMILES string of the molecule is C=C(C)c1ccc(C(C)(C)c2ccccc2NC)cc1. The van der Waals surface area contributed by atoms with E-state index in [1.54, 1.807) is 0 Å². The topological polar surface area (TPSA) is 12.0 Å². The van der Waals surface area contributed by atoms with Crippen LogP contribution in [-0.2, 0) is 5.41 Å². The Morgan fingerprint density at radius 1 is 1.00 bits per heavy atom. The van der Waals surface area contributed by atoms with Gasteiger partial charge in [0.25, 0.3) is 0 Å². The van der Waals surface area contributed by atoms with Crippen molar-refractivity contribution in [2.45, 2.75) is 26.2 Å². The van der Waals surface area contributed by atoms with E-state index >= 15 is 0 Å². The molecule has 2 rings (SSSR count). The maximum absolute atomic E-state index is 3.99. The summed E-state index contributed by atoms with van der Waals surface area (Å²) >= 11 is 0. The molecule has 0 aliphatic carbocycles. The van der Waals surface area contributed by atoms with Crippen LogP contribution in [0.2, 0.25) is 0 Å². The molecule has 0 spiro atoms. The third kappa shape index (κ3) is 2.62. The van der Waals surface area contributed by atoms with Gasteiger partial charge in [0.05, 0.1) is 0 Å². The zero-order chi connectivity index (χ0) is 14.8. The second kappa shape index (κ2) is 5.54. The molecule has 0 amide bonds. The highest BCUT2D eigenvalue weighted by Gasteiger charge is 2.25. The van der Waals surface area contributed by atoms with Gasteiger partial charge in [-0.2, -0.15) is 0 Å². The van der Waals surface area contributed by atoms with Crippen molar-refractivity contribution < 1.29 is 0 Å². The van der Waals surface area contributed by atoms with Gasteiger partial charge >= 0.3 is 0 Å². The minimum absolute atomic E-state index is 0.0345. The van der Waals surface area contributed by atoms with Crippen LogP contribution in [0.25, 0.3) is 5.57 Å². The van der Waals surface area contributed by atoms with Gasteiger partial charge in [0.1, 0.15) is 0 Å². The van der Waals surface area contributed by atoms with Gasteiger partial charge in [-0.25, -0.2) is 0 Å². The smallest absolute Gasteiger partial charge is 0.0379 e. The highest BCUT2D eigenvalue weighted by molar-refractivity contribution is 5.63. The van der Waals surface area contributed by atoms with Crippen LogP contribution in [0, 0.1) is 0 Å². The molecule has 2 aromatic rings. The van der Waals surface area contributed by atoms with Crippen molar-refractivity contribution in [2.24, 2.45) is 0 Å². The minimum atomic E-state index is -0.0345. The van der Waals surface area contributed by atoms with Gasteiger partial charge in [-0.05, 0) is 29.7 Å². The van der Waals surface area contributed by atoms with Gasteiger partial charge in [-0.15, -0.1) is 0 Å². The van der Waals surface area contributed by atoms with Crippen molar-refractivity contribution in [1.82, 2.24) is 0 Å². The van der Waals surface area contributed by atoms with Gasteiger partial charge in [0, 0.05) is 18.2 Å². The summed E-state index contributed by atoms with van der Waals surface area (Å²) in [5, 5.41) is 3.29. The second-order valence-electron chi connectivity index (χ2n) is 5.78. The van der Waals surface area contributed by atoms with E-state index in [2.05, 4.69) is 74.3 Å². The molecule has 0 fully saturated rings. The number of para-hydroxylation sites is 1. The first kappa shape index (κ1) is 14.4. The van der Waals surface area contributed by atoms with Crippen molar-refractivity contribution in [2.75, 3.05) is 12.4 Å². The van der Waals surface area contributed by atoms with E-state index in [1.807, 2.05) is 14.0 Å². The molecule has 0 heterocycles. The zero-order valence-corrected chi connectivity index (χ0v) is 12.8. The standard InChI is InChI=1S/C19H23N/c1-14(2)15-10-12-16(13-11-15)19(3,4)17-8-6-7-9-18(17)20-5/h6-13,20H,1H2,2-5H3. The molecule has 0 bridgehead atoms. The molecule has 0 radical (unpaired) electrons. The summed E-state index contributed by atoms with van der Waals surface area (Å²) in [4.78, 5) is 0. The molecule has 0 saturated heterocycles. The van der Waals surface area contributed by atoms with Crippen molar-refractivity contribution in [3.63, 3.8) is 0 Å². The fraction of sp³-hybridized carbons (Fsp3) is 0.263. The average molecular weight is 265 g/mol. The molecule has 104 valence electrons. The highest BCUT2D eigenvalue weighted by atomic mass is 14.8. The number of anilines is 1. The van der Waals surface area contributed by atoms with Crippen LogP contribution in [0.3, 0.4) is 0 Å². The predicted molar refractivity (Wildman–Crippen MR) is 89.3 cm³/mol. The number of hydrogen-bond donors (Lipinski definition) is 1. The van der Waals surface area contributed by atoms with Crippen molar-refractivity contribution >= 4 is 11.3 Å². The first-order chi connectivity index (χ1) is 9.46. The summed E-state index contributed by atoms with van der Waals surface area (Å²) in [7, 11) is 1.97. The van der Waals surface area contributed by atoms with Gasteiger partial charge in [0.2, 0.25) is 0 Å². The Hall–Kier alpha value is -2.02. The van der Waals surface area contributed by atoms with Crippen molar-refractivity contribution in [1.29, 1.82) is 0 Å². The Balaban J connectivity index is 2.46. The number of allylic oxidation sites excluding steroid dienone is 1. The van der Waals surface area contributed by atoms with Crippen LogP contribution in [0.15, 0.2) is 55.1 Å². The van der Waals surface area contributed by atoms with Crippen LogP contribution in [-0.4, -0.2) is 7.05 Å². The second-order valence-corrected chi connectivity index (χ2v) is 5.78. The quantitative estimate of drug-likeness (QED) is 0.812. The Bertz CT molecular complexity index is 606. The molecule has 0 unspecified atom stereocenters. The lowest BCUT2D eigenvalue weighted by Crippen LogP contribution is -2.20. The maximum atomic E-state index is 3.99. The Labute approximate surface area is 122 Å². The molecule has 1 heteroatoms. The average Bonchev–Trinajstić information content (AvgIpc) is 2.47. The zero-order valence-electron chi connectivity index (χ0n) is 12.8. The number of hydrogen-bond acceptors (Lipinski definition) is 1. The third-order valence-electron chi connectivity index (χ3n) is 3.97. The monoisotopic (exact) mass is 265 g/mol. The number of rotatable bonds is 4. The van der Waals surface area contributed by atoms with Gasteiger partial charge in [-0.3, -0.25) is 0 Å². The lowest BCUT2D eigenvalue weighted by molar-refractivity contribution is 0.642. The molecular weight excluding hydrogens is 242 g/mol. The summed E-state index contributed by atoms with van der Waals surface area (Å²) in [6.45, 7) is 10.6. The molecule has 0 aliphatic rings. The summed E-state index contributed by atoms with van der Waals surface area (Å²) in [5.74, 6) is 0. The fourth-order valence-corrected chi connectivity index (χ4v) is 2.57. The Morgan fingerprint density at radius 2 is 1.60 bits per heavy atom. The van der Waals surface area contributed by atoms with Crippen LogP contribution in [0.5, 0.6) is 0 Å². The van der Waals surface area contributed by atoms with E-state index in [0.29, 0.717) is 0 Å². The molecule has 1 N–H and O–H groups in total. The number of benzene rings is 2. The van der Waals surface area contributed by atoms with E-state index in [9.17, 15) is 0 Å². The third-order valence-corrected chi connectivity index (χ3v) is 3.97. The molecule has 1 nitrogen and oxygen atoms in total. The predicted octanol–water partition coefficient (Wildman–Crippen LogP) is 5.09. The molecule has 20 heavy (non-hydrogen) atoms. The fourth-order valence-electron chi connectivity index (χ4n) is 2.57. The van der Waals surface area contributed by atoms with E-state index in [4.69, 9.17) is 0 Å². The first-order valence-corrected chi connectivity index (χ1v) is 7.00. The van der Waals surface area contributed by atoms with E-state index in [-0.39, 0.29) is 5.41 Å². The van der Waals surface area contributed by atoms with Crippen molar-refractivity contribution in [3.05, 3.63) is 71.8 Å². The molecule has 0 atom stereocenters. The van der Waals surface area contributed by atoms with E-state index in [0.717, 1.165) is 5.57 Å². The summed E-state index contributed by atoms with van der Waals surface area (Å²) in [6.07, 6.45) is 0. The van der Waals surface area contributed by atoms with Gasteiger partial charge in [0.15, 0.2) is 0 Å². The van der Waals surface area contributed by atoms with Crippen LogP contribution < -0.4 is 5.32 Å². The van der Waals surface area contributed by atoms with Crippen LogP contribution in [0.1, 0.15) is 37.5 Å². The molecule has 2 aromatic carbocycles. The van der Waals surface area contributed by atoms with E-state index < -0.39 is 0 Å².